The van der Waals surface area contributed by atoms with Crippen LogP contribution < -0.4 is 4.90 Å². The number of benzene rings is 1. The summed E-state index contributed by atoms with van der Waals surface area (Å²) >= 11 is 1.63. The number of hydrogen-bond acceptors (Lipinski definition) is 6. The van der Waals surface area contributed by atoms with Crippen molar-refractivity contribution in [1.82, 2.24) is 9.97 Å². The van der Waals surface area contributed by atoms with E-state index in [0.29, 0.717) is 10.9 Å². The normalized spacial score (nSPS) is 10.8. The van der Waals surface area contributed by atoms with Crippen molar-refractivity contribution in [1.29, 1.82) is 0 Å². The van der Waals surface area contributed by atoms with Crippen LogP contribution in [0.25, 0.3) is 10.9 Å². The molecule has 0 aliphatic rings. The summed E-state index contributed by atoms with van der Waals surface area (Å²) < 4.78 is 0. The number of likely N-dealkylation sites (N-methyl/N-ethyl adjacent to an activating group) is 1. The molecule has 0 unspecified atom stereocenters. The Morgan fingerprint density at radius 2 is 2.14 bits per heavy atom. The predicted molar refractivity (Wildman–Crippen MR) is 87.5 cm³/mol. The van der Waals surface area contributed by atoms with Crippen LogP contribution in [0.4, 0.5) is 11.4 Å². The molecule has 3 aromatic rings. The van der Waals surface area contributed by atoms with E-state index in [1.54, 1.807) is 48.0 Å². The van der Waals surface area contributed by atoms with Crippen molar-refractivity contribution < 1.29 is 4.92 Å². The van der Waals surface area contributed by atoms with E-state index in [0.717, 1.165) is 23.7 Å². The number of aromatic nitrogens is 2. The molecule has 0 N–H and O–H groups in total. The first-order valence-corrected chi connectivity index (χ1v) is 7.66. The Bertz CT molecular complexity index is 804. The number of pyridine rings is 1. The number of rotatable bonds is 5. The highest BCUT2D eigenvalue weighted by atomic mass is 32.1. The SMILES string of the molecule is CN(CCc1nccs1)c1ccc([N+](=O)[O-])c2cccnc12. The van der Waals surface area contributed by atoms with E-state index in [1.165, 1.54) is 0 Å². The minimum absolute atomic E-state index is 0.0835. The number of nitro benzene ring substituents is 1. The van der Waals surface area contributed by atoms with Crippen LogP contribution >= 0.6 is 11.3 Å². The molecule has 0 saturated carbocycles. The van der Waals surface area contributed by atoms with Crippen LogP contribution in [0.1, 0.15) is 5.01 Å². The Balaban J connectivity index is 1.93. The molecule has 0 radical (unpaired) electrons. The molecule has 0 spiro atoms. The molecule has 112 valence electrons. The van der Waals surface area contributed by atoms with E-state index in [4.69, 9.17) is 0 Å². The fourth-order valence-corrected chi connectivity index (χ4v) is 2.98. The Morgan fingerprint density at radius 1 is 1.27 bits per heavy atom. The van der Waals surface area contributed by atoms with Gasteiger partial charge in [0, 0.05) is 43.9 Å². The number of nitrogens with zero attached hydrogens (tertiary/aromatic N) is 4. The van der Waals surface area contributed by atoms with Crippen molar-refractivity contribution >= 4 is 33.6 Å². The van der Waals surface area contributed by atoms with Crippen molar-refractivity contribution in [3.05, 3.63) is 57.2 Å². The summed E-state index contributed by atoms with van der Waals surface area (Å²) in [6.07, 6.45) is 4.28. The highest BCUT2D eigenvalue weighted by Crippen LogP contribution is 2.31. The lowest BCUT2D eigenvalue weighted by molar-refractivity contribution is -0.383. The van der Waals surface area contributed by atoms with Crippen LogP contribution in [0.5, 0.6) is 0 Å². The molecule has 0 bridgehead atoms. The Morgan fingerprint density at radius 3 is 2.86 bits per heavy atom. The molecule has 6 nitrogen and oxygen atoms in total. The fraction of sp³-hybridized carbons (Fsp3) is 0.200. The zero-order chi connectivity index (χ0) is 15.5. The van der Waals surface area contributed by atoms with Gasteiger partial charge < -0.3 is 4.90 Å². The van der Waals surface area contributed by atoms with Crippen molar-refractivity contribution in [2.45, 2.75) is 6.42 Å². The number of thiazole rings is 1. The van der Waals surface area contributed by atoms with Gasteiger partial charge >= 0.3 is 0 Å². The summed E-state index contributed by atoms with van der Waals surface area (Å²) in [6.45, 7) is 0.775. The van der Waals surface area contributed by atoms with E-state index < -0.39 is 0 Å². The fourth-order valence-electron chi connectivity index (χ4n) is 2.37. The lowest BCUT2D eigenvalue weighted by Crippen LogP contribution is -2.20. The molecule has 7 heteroatoms. The van der Waals surface area contributed by atoms with Crippen LogP contribution in [-0.4, -0.2) is 28.5 Å². The van der Waals surface area contributed by atoms with Crippen LogP contribution in [-0.2, 0) is 6.42 Å². The maximum Gasteiger partial charge on any atom is 0.278 e. The average Bonchev–Trinajstić information content (AvgIpc) is 3.04. The second-order valence-corrected chi connectivity index (χ2v) is 5.84. The van der Waals surface area contributed by atoms with Gasteiger partial charge in [-0.15, -0.1) is 11.3 Å². The summed E-state index contributed by atoms with van der Waals surface area (Å²) in [6, 6.07) is 6.75. The molecule has 2 heterocycles. The highest BCUT2D eigenvalue weighted by molar-refractivity contribution is 7.09. The summed E-state index contributed by atoms with van der Waals surface area (Å²) in [5.41, 5.74) is 1.62. The molecule has 2 aromatic heterocycles. The molecule has 0 aliphatic carbocycles. The van der Waals surface area contributed by atoms with E-state index >= 15 is 0 Å². The molecule has 0 atom stereocenters. The molecule has 0 aliphatic heterocycles. The second kappa shape index (κ2) is 6.07. The van der Waals surface area contributed by atoms with Gasteiger partial charge in [-0.25, -0.2) is 4.98 Å². The maximum atomic E-state index is 11.1. The van der Waals surface area contributed by atoms with E-state index in [9.17, 15) is 10.1 Å². The third-order valence-corrected chi connectivity index (χ3v) is 4.32. The molecule has 0 fully saturated rings. The third kappa shape index (κ3) is 2.75. The summed E-state index contributed by atoms with van der Waals surface area (Å²) in [5, 5.41) is 14.7. The van der Waals surface area contributed by atoms with Crippen LogP contribution in [0.2, 0.25) is 0 Å². The van der Waals surface area contributed by atoms with Crippen LogP contribution in [0, 0.1) is 10.1 Å². The Labute approximate surface area is 131 Å². The van der Waals surface area contributed by atoms with E-state index in [-0.39, 0.29) is 10.6 Å². The van der Waals surface area contributed by atoms with Gasteiger partial charge in [0.2, 0.25) is 0 Å². The van der Waals surface area contributed by atoms with E-state index in [2.05, 4.69) is 14.9 Å². The van der Waals surface area contributed by atoms with Gasteiger partial charge in [-0.1, -0.05) is 0 Å². The number of non-ortho nitro benzene ring substituents is 1. The first-order valence-electron chi connectivity index (χ1n) is 6.78. The van der Waals surface area contributed by atoms with Gasteiger partial charge in [-0.2, -0.15) is 0 Å². The lowest BCUT2D eigenvalue weighted by atomic mass is 10.1. The van der Waals surface area contributed by atoms with Crippen molar-refractivity contribution in [2.75, 3.05) is 18.5 Å². The smallest absolute Gasteiger partial charge is 0.278 e. The molecule has 0 saturated heterocycles. The zero-order valence-electron chi connectivity index (χ0n) is 12.0. The van der Waals surface area contributed by atoms with Gasteiger partial charge in [-0.3, -0.25) is 15.1 Å². The Hall–Kier alpha value is -2.54. The molecular formula is C15H14N4O2S. The van der Waals surface area contributed by atoms with Crippen LogP contribution in [0.3, 0.4) is 0 Å². The number of hydrogen-bond donors (Lipinski definition) is 0. The summed E-state index contributed by atoms with van der Waals surface area (Å²) in [4.78, 5) is 21.4. The number of fused-ring (bicyclic) bond motifs is 1. The molecule has 3 rings (SSSR count). The first kappa shape index (κ1) is 14.4. The molecular weight excluding hydrogens is 300 g/mol. The second-order valence-electron chi connectivity index (χ2n) is 4.86. The topological polar surface area (TPSA) is 72.2 Å². The van der Waals surface area contributed by atoms with Crippen molar-refractivity contribution in [3.8, 4) is 0 Å². The predicted octanol–water partition coefficient (Wildman–Crippen LogP) is 3.28. The minimum Gasteiger partial charge on any atom is -0.372 e. The monoisotopic (exact) mass is 314 g/mol. The van der Waals surface area contributed by atoms with Gasteiger partial charge in [0.15, 0.2) is 0 Å². The maximum absolute atomic E-state index is 11.1. The Kier molecular flexibility index (Phi) is 3.97. The van der Waals surface area contributed by atoms with Gasteiger partial charge in [-0.05, 0) is 18.2 Å². The zero-order valence-corrected chi connectivity index (χ0v) is 12.8. The summed E-state index contributed by atoms with van der Waals surface area (Å²) in [5.74, 6) is 0. The largest absolute Gasteiger partial charge is 0.372 e. The summed E-state index contributed by atoms with van der Waals surface area (Å²) in [7, 11) is 1.96. The van der Waals surface area contributed by atoms with Crippen LogP contribution in [0.15, 0.2) is 42.0 Å². The first-order chi connectivity index (χ1) is 10.7. The highest BCUT2D eigenvalue weighted by Gasteiger charge is 2.16. The van der Waals surface area contributed by atoms with Gasteiger partial charge in [0.1, 0.15) is 5.52 Å². The lowest BCUT2D eigenvalue weighted by Gasteiger charge is -2.20. The van der Waals surface area contributed by atoms with Crippen molar-refractivity contribution in [3.63, 3.8) is 0 Å². The standard InChI is InChI=1S/C15H14N4O2S/c1-18(9-6-14-16-8-10-22-14)13-5-4-12(19(20)21)11-3-2-7-17-15(11)13/h2-5,7-8,10H,6,9H2,1H3. The molecule has 1 aromatic carbocycles. The van der Waals surface area contributed by atoms with Crippen molar-refractivity contribution in [2.24, 2.45) is 0 Å². The average molecular weight is 314 g/mol. The molecule has 22 heavy (non-hydrogen) atoms. The van der Waals surface area contributed by atoms with E-state index in [1.807, 2.05) is 12.4 Å². The molecule has 0 amide bonds. The van der Waals surface area contributed by atoms with Gasteiger partial charge in [0.05, 0.1) is 21.0 Å². The van der Waals surface area contributed by atoms with Gasteiger partial charge in [0.25, 0.3) is 5.69 Å². The quantitative estimate of drug-likeness (QED) is 0.534. The number of nitro groups is 1. The minimum atomic E-state index is -0.372. The number of anilines is 1. The third-order valence-electron chi connectivity index (χ3n) is 3.48.